The fourth-order valence-electron chi connectivity index (χ4n) is 2.56. The number of rotatable bonds is 5. The Kier molecular flexibility index (Phi) is 5.35. The third kappa shape index (κ3) is 4.63. The minimum atomic E-state index is -3.60. The van der Waals surface area contributed by atoms with Crippen molar-refractivity contribution in [2.24, 2.45) is 0 Å². The molecule has 0 bridgehead atoms. The summed E-state index contributed by atoms with van der Waals surface area (Å²) in [5.41, 5.74) is 1.15. The highest BCUT2D eigenvalue weighted by molar-refractivity contribution is 7.94. The number of nitrogens with one attached hydrogen (secondary N) is 1. The fraction of sp³-hybridized carbons (Fsp3) is 0.312. The van der Waals surface area contributed by atoms with E-state index in [0.29, 0.717) is 5.69 Å². The van der Waals surface area contributed by atoms with Gasteiger partial charge >= 0.3 is 0 Å². The summed E-state index contributed by atoms with van der Waals surface area (Å²) < 4.78 is 49.9. The molecule has 1 aromatic heterocycles. The van der Waals surface area contributed by atoms with E-state index < -0.39 is 19.9 Å². The predicted octanol–water partition coefficient (Wildman–Crippen LogP) is 1.35. The maximum absolute atomic E-state index is 12.3. The van der Waals surface area contributed by atoms with E-state index in [0.717, 1.165) is 16.9 Å². The third-order valence-electron chi connectivity index (χ3n) is 4.02. The van der Waals surface area contributed by atoms with Crippen molar-refractivity contribution in [1.29, 1.82) is 0 Å². The Labute approximate surface area is 156 Å². The Morgan fingerprint density at radius 2 is 1.77 bits per heavy atom. The van der Waals surface area contributed by atoms with Gasteiger partial charge in [-0.15, -0.1) is 11.3 Å². The number of hydrogen-bond acceptors (Lipinski definition) is 6. The summed E-state index contributed by atoms with van der Waals surface area (Å²) in [5.74, 6) is -0.128. The second-order valence-corrected chi connectivity index (χ2v) is 11.1. The van der Waals surface area contributed by atoms with E-state index in [1.807, 2.05) is 0 Å². The van der Waals surface area contributed by atoms with E-state index in [-0.39, 0.29) is 41.1 Å². The predicted molar refractivity (Wildman–Crippen MR) is 101 cm³/mol. The Morgan fingerprint density at radius 3 is 2.35 bits per heavy atom. The molecule has 0 saturated carbocycles. The van der Waals surface area contributed by atoms with Crippen molar-refractivity contribution in [3.63, 3.8) is 0 Å². The number of anilines is 1. The van der Waals surface area contributed by atoms with Gasteiger partial charge in [0.2, 0.25) is 5.91 Å². The number of nitrogens with zero attached hydrogens (tertiary/aromatic N) is 1. The molecule has 0 atom stereocenters. The zero-order chi connectivity index (χ0) is 18.8. The number of amides is 1. The van der Waals surface area contributed by atoms with Crippen molar-refractivity contribution < 1.29 is 21.6 Å². The number of carbonyl (C=O) groups is 1. The van der Waals surface area contributed by atoms with Crippen LogP contribution in [0.1, 0.15) is 5.56 Å². The topological polar surface area (TPSA) is 101 Å². The van der Waals surface area contributed by atoms with E-state index in [1.165, 1.54) is 6.07 Å². The van der Waals surface area contributed by atoms with E-state index >= 15 is 0 Å². The Hall–Kier alpha value is -1.91. The van der Waals surface area contributed by atoms with Gasteiger partial charge in [0.1, 0.15) is 4.21 Å². The maximum Gasteiger partial charge on any atom is 0.271 e. The van der Waals surface area contributed by atoms with E-state index in [2.05, 4.69) is 4.72 Å². The molecule has 26 heavy (non-hydrogen) atoms. The molecule has 7 nitrogen and oxygen atoms in total. The number of carbonyl (C=O) groups excluding carboxylic acids is 1. The van der Waals surface area contributed by atoms with Crippen molar-refractivity contribution in [2.45, 2.75) is 10.6 Å². The van der Waals surface area contributed by atoms with Crippen LogP contribution in [0.3, 0.4) is 0 Å². The van der Waals surface area contributed by atoms with Crippen molar-refractivity contribution in [1.82, 2.24) is 4.90 Å². The molecule has 2 aromatic rings. The molecule has 1 aliphatic rings. The number of thiophene rings is 1. The van der Waals surface area contributed by atoms with Crippen LogP contribution in [-0.2, 0) is 31.1 Å². The molecular weight excluding hydrogens is 396 g/mol. The summed E-state index contributed by atoms with van der Waals surface area (Å²) in [7, 11) is -6.62. The molecule has 1 saturated heterocycles. The summed E-state index contributed by atoms with van der Waals surface area (Å²) in [6.07, 6.45) is 0.151. The van der Waals surface area contributed by atoms with Crippen molar-refractivity contribution in [3.05, 3.63) is 47.3 Å². The molecule has 1 fully saturated rings. The monoisotopic (exact) mass is 414 g/mol. The molecule has 0 spiro atoms. The minimum Gasteiger partial charge on any atom is -0.340 e. The van der Waals surface area contributed by atoms with E-state index in [9.17, 15) is 21.6 Å². The molecule has 10 heteroatoms. The minimum absolute atomic E-state index is 0.00216. The Balaban J connectivity index is 1.60. The van der Waals surface area contributed by atoms with Crippen LogP contribution in [0.4, 0.5) is 5.69 Å². The molecule has 0 unspecified atom stereocenters. The van der Waals surface area contributed by atoms with Crippen LogP contribution in [0.5, 0.6) is 0 Å². The number of benzene rings is 1. The maximum atomic E-state index is 12.3. The molecule has 1 aromatic carbocycles. The summed E-state index contributed by atoms with van der Waals surface area (Å²) in [4.78, 5) is 13.8. The molecule has 140 valence electrons. The molecular formula is C16H18N2O5S3. The van der Waals surface area contributed by atoms with Crippen LogP contribution in [-0.4, -0.2) is 52.2 Å². The average Bonchev–Trinajstić information content (AvgIpc) is 3.12. The van der Waals surface area contributed by atoms with Gasteiger partial charge in [0.15, 0.2) is 9.84 Å². The number of sulfonamides is 1. The molecule has 0 radical (unpaired) electrons. The van der Waals surface area contributed by atoms with Gasteiger partial charge in [-0.3, -0.25) is 9.52 Å². The van der Waals surface area contributed by atoms with Crippen LogP contribution >= 0.6 is 11.3 Å². The highest BCUT2D eigenvalue weighted by Crippen LogP contribution is 2.20. The van der Waals surface area contributed by atoms with Crippen LogP contribution in [0.15, 0.2) is 46.0 Å². The molecule has 0 aliphatic carbocycles. The van der Waals surface area contributed by atoms with Gasteiger partial charge in [-0.25, -0.2) is 16.8 Å². The first-order valence-corrected chi connectivity index (χ1v) is 12.1. The molecule has 2 heterocycles. The lowest BCUT2D eigenvalue weighted by atomic mass is 10.1. The van der Waals surface area contributed by atoms with Crippen molar-refractivity contribution in [2.75, 3.05) is 29.3 Å². The van der Waals surface area contributed by atoms with Gasteiger partial charge in [-0.05, 0) is 29.1 Å². The average molecular weight is 415 g/mol. The number of hydrogen-bond donors (Lipinski definition) is 1. The largest absolute Gasteiger partial charge is 0.340 e. The zero-order valence-corrected chi connectivity index (χ0v) is 16.2. The second kappa shape index (κ2) is 7.37. The highest BCUT2D eigenvalue weighted by Gasteiger charge is 2.24. The molecule has 1 aliphatic heterocycles. The number of sulfone groups is 1. The lowest BCUT2D eigenvalue weighted by molar-refractivity contribution is -0.130. The van der Waals surface area contributed by atoms with Gasteiger partial charge in [-0.1, -0.05) is 18.2 Å². The van der Waals surface area contributed by atoms with Crippen LogP contribution < -0.4 is 4.72 Å². The summed E-state index contributed by atoms with van der Waals surface area (Å²) in [5, 5.41) is 1.69. The van der Waals surface area contributed by atoms with E-state index in [4.69, 9.17) is 0 Å². The molecule has 1 amide bonds. The lowest BCUT2D eigenvalue weighted by Gasteiger charge is -2.26. The van der Waals surface area contributed by atoms with E-state index in [1.54, 1.807) is 40.6 Å². The normalized spacial score (nSPS) is 17.0. The first kappa shape index (κ1) is 18.9. The van der Waals surface area contributed by atoms with Crippen molar-refractivity contribution >= 4 is 42.8 Å². The van der Waals surface area contributed by atoms with Crippen molar-refractivity contribution in [3.8, 4) is 0 Å². The van der Waals surface area contributed by atoms with Crippen LogP contribution in [0.2, 0.25) is 0 Å². The summed E-state index contributed by atoms with van der Waals surface area (Å²) in [6.45, 7) is 0.444. The molecule has 1 N–H and O–H groups in total. The summed E-state index contributed by atoms with van der Waals surface area (Å²) >= 11 is 1.13. The SMILES string of the molecule is O=C(Cc1ccc(NS(=O)(=O)c2cccs2)cc1)N1CCS(=O)(=O)CC1. The lowest BCUT2D eigenvalue weighted by Crippen LogP contribution is -2.44. The zero-order valence-electron chi connectivity index (χ0n) is 13.8. The highest BCUT2D eigenvalue weighted by atomic mass is 32.2. The van der Waals surface area contributed by atoms with Gasteiger partial charge in [-0.2, -0.15) is 0 Å². The Bertz CT molecular complexity index is 967. The fourth-order valence-corrected chi connectivity index (χ4v) is 5.81. The Morgan fingerprint density at radius 1 is 1.12 bits per heavy atom. The van der Waals surface area contributed by atoms with Gasteiger partial charge < -0.3 is 4.90 Å². The van der Waals surface area contributed by atoms with Gasteiger partial charge in [0, 0.05) is 18.8 Å². The third-order valence-corrected chi connectivity index (χ3v) is 8.41. The second-order valence-electron chi connectivity index (χ2n) is 5.94. The summed E-state index contributed by atoms with van der Waals surface area (Å²) in [6, 6.07) is 9.78. The molecule has 3 rings (SSSR count). The van der Waals surface area contributed by atoms with Crippen LogP contribution in [0.25, 0.3) is 0 Å². The van der Waals surface area contributed by atoms with Crippen LogP contribution in [0, 0.1) is 0 Å². The standard InChI is InChI=1S/C16H18N2O5S3/c19-15(18-7-10-25(20,21)11-8-18)12-13-3-5-14(6-4-13)17-26(22,23)16-2-1-9-24-16/h1-6,9,17H,7-8,10-12H2. The first-order valence-electron chi connectivity index (χ1n) is 7.89. The smallest absolute Gasteiger partial charge is 0.271 e. The first-order chi connectivity index (χ1) is 12.3. The van der Waals surface area contributed by atoms with Gasteiger partial charge in [0.05, 0.1) is 17.9 Å². The quantitative estimate of drug-likeness (QED) is 0.796. The van der Waals surface area contributed by atoms with Gasteiger partial charge in [0.25, 0.3) is 10.0 Å².